The molecule has 2 rings (SSSR count). The number of carbonyl (C=O) groups excluding carboxylic acids is 5. The molecule has 2 fully saturated rings. The number of piperazine rings is 1. The summed E-state index contributed by atoms with van der Waals surface area (Å²) in [6, 6.07) is 0.0699. The Morgan fingerprint density at radius 1 is 1.00 bits per heavy atom. The van der Waals surface area contributed by atoms with Gasteiger partial charge in [-0.05, 0) is 27.9 Å². The van der Waals surface area contributed by atoms with Crippen LogP contribution in [0.5, 0.6) is 0 Å². The van der Waals surface area contributed by atoms with Gasteiger partial charge in [0.2, 0.25) is 11.8 Å². The number of nitrogens with zero attached hydrogens (tertiary/aromatic N) is 3. The zero-order valence-electron chi connectivity index (χ0n) is 18.7. The number of likely N-dealkylation sites (N-methyl/N-ethyl adjacent to an activating group) is 2. The predicted molar refractivity (Wildman–Crippen MR) is 110 cm³/mol. The van der Waals surface area contributed by atoms with E-state index < -0.39 is 23.2 Å². The lowest BCUT2D eigenvalue weighted by Crippen LogP contribution is -2.60. The molecule has 2 aliphatic heterocycles. The molecule has 0 saturated carbocycles. The fraction of sp³-hybridized carbons (Fsp3) is 0.750. The second-order valence-corrected chi connectivity index (χ2v) is 8.63. The Bertz CT molecular complexity index is 709. The van der Waals surface area contributed by atoms with Crippen LogP contribution in [0.25, 0.3) is 0 Å². The highest BCUT2D eigenvalue weighted by molar-refractivity contribution is 6.01. The van der Waals surface area contributed by atoms with E-state index in [2.05, 4.69) is 20.4 Å². The third kappa shape index (κ3) is 6.73. The summed E-state index contributed by atoms with van der Waals surface area (Å²) in [6.07, 6.45) is -0.0533. The number of imide groups is 1. The quantitative estimate of drug-likeness (QED) is 0.258. The molecule has 2 N–H and O–H groups in total. The molecule has 11 heteroatoms. The second kappa shape index (κ2) is 10.7. The van der Waals surface area contributed by atoms with Crippen LogP contribution in [0.1, 0.15) is 39.5 Å². The first-order valence-electron chi connectivity index (χ1n) is 10.5. The number of carbonyl (C=O) groups is 5. The molecule has 0 bridgehead atoms. The van der Waals surface area contributed by atoms with Crippen LogP contribution >= 0.6 is 0 Å². The molecule has 1 unspecified atom stereocenters. The zero-order valence-corrected chi connectivity index (χ0v) is 18.7. The molecule has 0 radical (unpaired) electrons. The molecular weight excluding hydrogens is 414 g/mol. The van der Waals surface area contributed by atoms with E-state index in [0.717, 1.165) is 19.6 Å². The fourth-order valence-electron chi connectivity index (χ4n) is 3.66. The number of rotatable bonds is 9. The van der Waals surface area contributed by atoms with Gasteiger partial charge in [0.05, 0.1) is 11.8 Å². The first-order valence-corrected chi connectivity index (χ1v) is 10.5. The first kappa shape index (κ1) is 24.7. The molecule has 174 valence electrons. The van der Waals surface area contributed by atoms with Crippen molar-refractivity contribution in [2.45, 2.75) is 45.6 Å². The Morgan fingerprint density at radius 2 is 1.61 bits per heavy atom. The highest BCUT2D eigenvalue weighted by Gasteiger charge is 2.41. The van der Waals surface area contributed by atoms with E-state index >= 15 is 0 Å². The van der Waals surface area contributed by atoms with E-state index in [1.54, 1.807) is 0 Å². The summed E-state index contributed by atoms with van der Waals surface area (Å²) in [6.45, 7) is 6.65. The normalized spacial score (nSPS) is 20.6. The van der Waals surface area contributed by atoms with Crippen molar-refractivity contribution in [3.8, 4) is 0 Å². The molecule has 2 heterocycles. The van der Waals surface area contributed by atoms with Gasteiger partial charge in [-0.2, -0.15) is 0 Å². The van der Waals surface area contributed by atoms with Crippen molar-refractivity contribution >= 4 is 29.6 Å². The van der Waals surface area contributed by atoms with Crippen LogP contribution in [0, 0.1) is 5.41 Å². The van der Waals surface area contributed by atoms with Gasteiger partial charge in [-0.1, -0.05) is 0 Å². The number of hydrogen-bond acceptors (Lipinski definition) is 8. The number of nitrogens with one attached hydrogen (secondary N) is 2. The van der Waals surface area contributed by atoms with Gasteiger partial charge in [0, 0.05) is 58.0 Å². The molecule has 11 nitrogen and oxygen atoms in total. The minimum atomic E-state index is -0.777. The number of hydroxylamine groups is 2. The van der Waals surface area contributed by atoms with Gasteiger partial charge in [0.1, 0.15) is 0 Å². The molecule has 0 aromatic rings. The maximum Gasteiger partial charge on any atom is 0.334 e. The first-order chi connectivity index (χ1) is 14.5. The monoisotopic (exact) mass is 447 g/mol. The molecule has 31 heavy (non-hydrogen) atoms. The lowest BCUT2D eigenvalue weighted by Gasteiger charge is -2.45. The topological polar surface area (TPSA) is 128 Å². The maximum absolute atomic E-state index is 12.7. The van der Waals surface area contributed by atoms with Crippen molar-refractivity contribution in [3.05, 3.63) is 0 Å². The Kier molecular flexibility index (Phi) is 8.52. The van der Waals surface area contributed by atoms with Gasteiger partial charge in [0.25, 0.3) is 11.8 Å². The third-order valence-corrected chi connectivity index (χ3v) is 5.76. The van der Waals surface area contributed by atoms with Gasteiger partial charge in [-0.3, -0.25) is 24.1 Å². The van der Waals surface area contributed by atoms with E-state index in [1.807, 2.05) is 27.9 Å². The molecule has 0 aromatic heterocycles. The predicted octanol–water partition coefficient (Wildman–Crippen LogP) is -1.12. The summed E-state index contributed by atoms with van der Waals surface area (Å²) in [5.74, 6) is -2.32. The SMILES string of the molecule is CC(C)(C(=O)NCCC(=O)[15NH]CC[13C](=O)ON1C(=O)CCC1=O)[13CH]1C[15N]([13CH3])[13CH2][13CH2]N1[13CH3]. The highest BCUT2D eigenvalue weighted by atomic mass is 16.8. The van der Waals surface area contributed by atoms with Gasteiger partial charge >= 0.3 is 5.97 Å². The fourth-order valence-corrected chi connectivity index (χ4v) is 3.66. The standard InChI is InChI=1S/C20H33N5O6/c1-20(2,14-13-23(3)11-12-24(14)4)19(30)22-9-7-15(26)21-10-8-18(29)31-25-16(27)5-6-17(25)28/h14H,5-13H2,1-4H3,(H,21,26)(H,22,30)/i3+1,4+1,11+1,12+1,14+1,18+1,21+1,23+1. The van der Waals surface area contributed by atoms with Crippen LogP contribution in [0.4, 0.5) is 0 Å². The maximum atomic E-state index is 12.7. The van der Waals surface area contributed by atoms with Crippen LogP contribution < -0.4 is 10.6 Å². The molecule has 0 aromatic carbocycles. The Morgan fingerprint density at radius 3 is 2.26 bits per heavy atom. The van der Waals surface area contributed by atoms with E-state index in [-0.39, 0.29) is 56.6 Å². The summed E-state index contributed by atoms with van der Waals surface area (Å²) >= 11 is 0. The third-order valence-electron chi connectivity index (χ3n) is 5.76. The van der Waals surface area contributed by atoms with E-state index in [1.165, 1.54) is 0 Å². The van der Waals surface area contributed by atoms with Crippen molar-refractivity contribution < 1.29 is 28.8 Å². The van der Waals surface area contributed by atoms with Gasteiger partial charge in [-0.15, -0.1) is 5.06 Å². The van der Waals surface area contributed by atoms with E-state index in [9.17, 15) is 24.0 Å². The molecule has 0 aliphatic carbocycles. The minimum Gasteiger partial charge on any atom is -0.355 e. The Labute approximate surface area is 182 Å². The summed E-state index contributed by atoms with van der Waals surface area (Å²) in [7, 11) is 4.05. The van der Waals surface area contributed by atoms with Crippen molar-refractivity contribution in [2.24, 2.45) is 5.41 Å². The molecule has 2 aliphatic rings. The second-order valence-electron chi connectivity index (χ2n) is 8.63. The number of amides is 4. The summed E-state index contributed by atoms with van der Waals surface area (Å²) in [5.41, 5.74) is -0.617. The Hall–Kier alpha value is -2.53. The summed E-state index contributed by atoms with van der Waals surface area (Å²) in [4.78, 5) is 68.3. The van der Waals surface area contributed by atoms with Crippen LogP contribution in [0.15, 0.2) is 0 Å². The molecule has 1 atom stereocenters. The minimum absolute atomic E-state index is 0.00648. The largest absolute Gasteiger partial charge is 0.355 e. The van der Waals surface area contributed by atoms with Crippen LogP contribution in [-0.4, -0.2) is 97.3 Å². The van der Waals surface area contributed by atoms with E-state index in [4.69, 9.17) is 4.84 Å². The van der Waals surface area contributed by atoms with Crippen LogP contribution in [-0.2, 0) is 28.8 Å². The van der Waals surface area contributed by atoms with E-state index in [0.29, 0.717) is 5.06 Å². The van der Waals surface area contributed by atoms with Crippen molar-refractivity contribution in [1.29, 1.82) is 0 Å². The molecule has 0 spiro atoms. The van der Waals surface area contributed by atoms with Crippen molar-refractivity contribution in [2.75, 3.05) is 46.8 Å². The highest BCUT2D eigenvalue weighted by Crippen LogP contribution is 2.27. The molecular formula is C20H33N5O6. The average Bonchev–Trinajstić information content (AvgIpc) is 3.01. The summed E-state index contributed by atoms with van der Waals surface area (Å²) < 4.78 is 0. The molecule has 2 saturated heterocycles. The Balaban J connectivity index is 1.65. The van der Waals surface area contributed by atoms with Gasteiger partial charge in [-0.25, -0.2) is 4.79 Å². The lowest BCUT2D eigenvalue weighted by molar-refractivity contribution is -0.197. The van der Waals surface area contributed by atoms with Crippen molar-refractivity contribution in [1.82, 2.24) is 25.5 Å². The van der Waals surface area contributed by atoms with Crippen LogP contribution in [0.2, 0.25) is 0 Å². The van der Waals surface area contributed by atoms with Crippen molar-refractivity contribution in [3.63, 3.8) is 0 Å². The average molecular weight is 447 g/mol. The lowest BCUT2D eigenvalue weighted by atomic mass is 9.97. The number of hydrogen-bond donors (Lipinski definition) is 2. The van der Waals surface area contributed by atoms with Crippen LogP contribution in [0.3, 0.4) is 0 Å². The zero-order chi connectivity index (χ0) is 23.2. The van der Waals surface area contributed by atoms with Gasteiger partial charge < -0.3 is 20.4 Å². The molecule has 4 amide bonds. The summed E-state index contributed by atoms with van der Waals surface area (Å²) in [5, 5.41) is 5.86. The smallest absolute Gasteiger partial charge is 0.334 e. The van der Waals surface area contributed by atoms with Gasteiger partial charge in [0.15, 0.2) is 0 Å².